The van der Waals surface area contributed by atoms with Crippen LogP contribution in [0.15, 0.2) is 24.3 Å². The third kappa shape index (κ3) is 6.16. The van der Waals surface area contributed by atoms with Crippen LogP contribution in [0.4, 0.5) is 0 Å². The summed E-state index contributed by atoms with van der Waals surface area (Å²) in [6, 6.07) is 1.02. The Morgan fingerprint density at radius 3 is 2.21 bits per heavy atom. The standard InChI is InChI=1S/C11H19ClOSi/c1-9(2)11(13)10(3)7-6-8-14(4,5)12/h1,3,6-8H2,2,4-5H3. The Kier molecular flexibility index (Phi) is 5.38. The molecule has 1 nitrogen and oxygen atoms in total. The minimum Gasteiger partial charge on any atom is -0.289 e. The van der Waals surface area contributed by atoms with Crippen LogP contribution in [-0.4, -0.2) is 13.2 Å². The molecule has 0 aliphatic carbocycles. The molecule has 80 valence electrons. The molecule has 14 heavy (non-hydrogen) atoms. The first-order chi connectivity index (χ1) is 6.24. The Morgan fingerprint density at radius 2 is 1.86 bits per heavy atom. The van der Waals surface area contributed by atoms with E-state index < -0.39 is 7.38 Å². The zero-order valence-corrected chi connectivity index (χ0v) is 11.1. The molecule has 0 saturated heterocycles. The van der Waals surface area contributed by atoms with Gasteiger partial charge in [-0.15, -0.1) is 0 Å². The predicted molar refractivity (Wildman–Crippen MR) is 66.3 cm³/mol. The smallest absolute Gasteiger partial charge is 0.183 e. The Bertz CT molecular complexity index is 251. The van der Waals surface area contributed by atoms with Crippen molar-refractivity contribution in [3.63, 3.8) is 0 Å². The molecular formula is C11H19ClOSi. The molecule has 0 radical (unpaired) electrons. The highest BCUT2D eigenvalue weighted by molar-refractivity contribution is 7.19. The highest BCUT2D eigenvalue weighted by Gasteiger charge is 2.17. The zero-order valence-electron chi connectivity index (χ0n) is 9.32. The lowest BCUT2D eigenvalue weighted by molar-refractivity contribution is -0.112. The molecule has 0 bridgehead atoms. The van der Waals surface area contributed by atoms with E-state index in [0.29, 0.717) is 11.1 Å². The molecule has 0 fully saturated rings. The van der Waals surface area contributed by atoms with Crippen LogP contribution in [0.3, 0.4) is 0 Å². The van der Waals surface area contributed by atoms with Gasteiger partial charge in [-0.05, 0) is 30.5 Å². The van der Waals surface area contributed by atoms with Crippen LogP contribution in [0.25, 0.3) is 0 Å². The maximum atomic E-state index is 11.4. The van der Waals surface area contributed by atoms with Crippen molar-refractivity contribution in [2.45, 2.75) is 38.9 Å². The Hall–Kier alpha value is -0.343. The molecular weight excluding hydrogens is 212 g/mol. The monoisotopic (exact) mass is 230 g/mol. The maximum absolute atomic E-state index is 11.4. The van der Waals surface area contributed by atoms with E-state index in [4.69, 9.17) is 11.1 Å². The summed E-state index contributed by atoms with van der Waals surface area (Å²) in [6.07, 6.45) is 1.70. The third-order valence-corrected chi connectivity index (χ3v) is 4.07. The second-order valence-electron chi connectivity index (χ2n) is 4.29. The van der Waals surface area contributed by atoms with Crippen LogP contribution in [0.5, 0.6) is 0 Å². The van der Waals surface area contributed by atoms with Crippen molar-refractivity contribution in [1.29, 1.82) is 0 Å². The van der Waals surface area contributed by atoms with Crippen LogP contribution in [-0.2, 0) is 4.79 Å². The number of ketones is 1. The Labute approximate surface area is 92.6 Å². The van der Waals surface area contributed by atoms with Gasteiger partial charge in [-0.2, -0.15) is 11.1 Å². The predicted octanol–water partition coefficient (Wildman–Crippen LogP) is 3.91. The van der Waals surface area contributed by atoms with Gasteiger partial charge in [0.2, 0.25) is 0 Å². The molecule has 0 aromatic rings. The van der Waals surface area contributed by atoms with Crippen molar-refractivity contribution in [3.8, 4) is 0 Å². The molecule has 0 amide bonds. The fourth-order valence-corrected chi connectivity index (χ4v) is 2.56. The number of carbonyl (C=O) groups is 1. The van der Waals surface area contributed by atoms with Crippen LogP contribution < -0.4 is 0 Å². The van der Waals surface area contributed by atoms with Crippen LogP contribution in [0, 0.1) is 0 Å². The topological polar surface area (TPSA) is 17.1 Å². The summed E-state index contributed by atoms with van der Waals surface area (Å²) in [5.74, 6) is -0.000884. The molecule has 0 unspecified atom stereocenters. The molecule has 0 rings (SSSR count). The van der Waals surface area contributed by atoms with Gasteiger partial charge in [-0.3, -0.25) is 4.79 Å². The van der Waals surface area contributed by atoms with E-state index in [2.05, 4.69) is 26.3 Å². The van der Waals surface area contributed by atoms with Gasteiger partial charge >= 0.3 is 0 Å². The maximum Gasteiger partial charge on any atom is 0.183 e. The molecule has 0 heterocycles. The molecule has 0 aliphatic rings. The minimum atomic E-state index is -1.49. The molecule has 0 saturated carbocycles. The van der Waals surface area contributed by atoms with Gasteiger partial charge in [0.1, 0.15) is 0 Å². The van der Waals surface area contributed by atoms with Crippen LogP contribution in [0.1, 0.15) is 19.8 Å². The van der Waals surface area contributed by atoms with Crippen LogP contribution in [0.2, 0.25) is 19.1 Å². The van der Waals surface area contributed by atoms with Gasteiger partial charge in [-0.25, -0.2) is 0 Å². The Balaban J connectivity index is 3.87. The lowest BCUT2D eigenvalue weighted by Gasteiger charge is -2.12. The molecule has 0 spiro atoms. The molecule has 0 aliphatic heterocycles. The fourth-order valence-electron chi connectivity index (χ4n) is 1.14. The molecule has 0 N–H and O–H groups in total. The number of halogens is 1. The second kappa shape index (κ2) is 5.52. The lowest BCUT2D eigenvalue weighted by atomic mass is 10.0. The first-order valence-corrected chi connectivity index (χ1v) is 9.03. The zero-order chi connectivity index (χ0) is 11.4. The van der Waals surface area contributed by atoms with Gasteiger partial charge in [0, 0.05) is 0 Å². The molecule has 3 heteroatoms. The van der Waals surface area contributed by atoms with Crippen LogP contribution >= 0.6 is 11.1 Å². The average molecular weight is 231 g/mol. The van der Waals surface area contributed by atoms with E-state index in [0.717, 1.165) is 18.9 Å². The number of carbonyl (C=O) groups excluding carboxylic acids is 1. The third-order valence-electron chi connectivity index (χ3n) is 1.96. The van der Waals surface area contributed by atoms with Crippen molar-refractivity contribution in [2.75, 3.05) is 0 Å². The summed E-state index contributed by atoms with van der Waals surface area (Å²) in [6.45, 7) is 13.3. The van der Waals surface area contributed by atoms with E-state index in [-0.39, 0.29) is 5.78 Å². The molecule has 0 atom stereocenters. The summed E-state index contributed by atoms with van der Waals surface area (Å²) in [5, 5.41) is 0. The first-order valence-electron chi connectivity index (χ1n) is 4.81. The van der Waals surface area contributed by atoms with E-state index in [9.17, 15) is 4.79 Å². The minimum absolute atomic E-state index is 0.000884. The van der Waals surface area contributed by atoms with Gasteiger partial charge in [0.25, 0.3) is 0 Å². The normalized spacial score (nSPS) is 11.1. The number of Topliss-reactive ketones (excluding diaryl/α,β-unsaturated/α-hetero) is 1. The average Bonchev–Trinajstić information content (AvgIpc) is 2.00. The van der Waals surface area contributed by atoms with E-state index in [1.54, 1.807) is 6.92 Å². The molecule has 0 aromatic heterocycles. The van der Waals surface area contributed by atoms with Gasteiger partial charge in [0.05, 0.1) is 0 Å². The van der Waals surface area contributed by atoms with Gasteiger partial charge in [0.15, 0.2) is 13.2 Å². The molecule has 0 aromatic carbocycles. The summed E-state index contributed by atoms with van der Waals surface area (Å²) in [4.78, 5) is 11.4. The fraction of sp³-hybridized carbons (Fsp3) is 0.545. The number of rotatable bonds is 6. The lowest BCUT2D eigenvalue weighted by Crippen LogP contribution is -2.15. The van der Waals surface area contributed by atoms with Gasteiger partial charge < -0.3 is 0 Å². The van der Waals surface area contributed by atoms with Crippen molar-refractivity contribution in [2.24, 2.45) is 0 Å². The van der Waals surface area contributed by atoms with Crippen molar-refractivity contribution in [1.82, 2.24) is 0 Å². The quantitative estimate of drug-likeness (QED) is 0.384. The summed E-state index contributed by atoms with van der Waals surface area (Å²) in [5.41, 5.74) is 1.23. The van der Waals surface area contributed by atoms with Crippen molar-refractivity contribution >= 4 is 24.2 Å². The van der Waals surface area contributed by atoms with Crippen molar-refractivity contribution < 1.29 is 4.79 Å². The number of hydrogen-bond donors (Lipinski definition) is 0. The highest BCUT2D eigenvalue weighted by Crippen LogP contribution is 2.20. The number of allylic oxidation sites excluding steroid dienone is 2. The largest absolute Gasteiger partial charge is 0.289 e. The SMILES string of the molecule is C=C(C)C(=O)C(=C)CCC[Si](C)(C)Cl. The van der Waals surface area contributed by atoms with E-state index in [1.807, 2.05) is 0 Å². The Morgan fingerprint density at radius 1 is 1.36 bits per heavy atom. The van der Waals surface area contributed by atoms with E-state index >= 15 is 0 Å². The number of hydrogen-bond acceptors (Lipinski definition) is 1. The van der Waals surface area contributed by atoms with Crippen molar-refractivity contribution in [3.05, 3.63) is 24.3 Å². The first kappa shape index (κ1) is 13.7. The highest BCUT2D eigenvalue weighted by atomic mass is 35.6. The van der Waals surface area contributed by atoms with Gasteiger partial charge in [-0.1, -0.05) is 32.7 Å². The summed E-state index contributed by atoms with van der Waals surface area (Å²) in [7, 11) is -1.49. The summed E-state index contributed by atoms with van der Waals surface area (Å²) < 4.78 is 0. The second-order valence-corrected chi connectivity index (χ2v) is 11.3. The van der Waals surface area contributed by atoms with E-state index in [1.165, 1.54) is 0 Å². The summed E-state index contributed by atoms with van der Waals surface area (Å²) >= 11 is 6.17.